The Kier molecular flexibility index (Phi) is 3.02. The Bertz CT molecular complexity index is 761. The van der Waals surface area contributed by atoms with E-state index in [0.29, 0.717) is 0 Å². The fourth-order valence-corrected chi connectivity index (χ4v) is 2.36. The van der Waals surface area contributed by atoms with Gasteiger partial charge in [-0.25, -0.2) is 13.2 Å². The summed E-state index contributed by atoms with van der Waals surface area (Å²) in [4.78, 5) is 26.3. The van der Waals surface area contributed by atoms with Crippen LogP contribution >= 0.6 is 0 Å². The molecule has 0 fully saturated rings. The summed E-state index contributed by atoms with van der Waals surface area (Å²) in [6.07, 6.45) is 1.00. The molecule has 1 aromatic heterocycles. The summed E-state index contributed by atoms with van der Waals surface area (Å²) in [5, 5.41) is 0. The molecule has 0 saturated heterocycles. The van der Waals surface area contributed by atoms with Crippen molar-refractivity contribution in [2.45, 2.75) is 4.90 Å². The normalized spacial score (nSPS) is 11.1. The quantitative estimate of drug-likeness (QED) is 0.718. The standard InChI is InChI=1S/C10H9N3O4S/c14-9-8(6-11-10(15)12-9)13-18(16,17)7-4-2-1-3-5-7/h1-6,13H,(H2,11,12,14,15). The first-order valence-electron chi connectivity index (χ1n) is 4.89. The van der Waals surface area contributed by atoms with Crippen molar-refractivity contribution in [1.29, 1.82) is 0 Å². The number of anilines is 1. The van der Waals surface area contributed by atoms with Crippen molar-refractivity contribution in [3.8, 4) is 0 Å². The van der Waals surface area contributed by atoms with Crippen LogP contribution < -0.4 is 16.0 Å². The topological polar surface area (TPSA) is 112 Å². The molecule has 0 atom stereocenters. The highest BCUT2D eigenvalue weighted by Crippen LogP contribution is 2.11. The number of nitrogens with one attached hydrogen (secondary N) is 3. The molecule has 2 aromatic rings. The molecule has 0 amide bonds. The average Bonchev–Trinajstić information content (AvgIpc) is 2.34. The Morgan fingerprint density at radius 1 is 1.06 bits per heavy atom. The number of aromatic nitrogens is 2. The molecule has 1 heterocycles. The van der Waals surface area contributed by atoms with Crippen molar-refractivity contribution in [1.82, 2.24) is 9.97 Å². The zero-order chi connectivity index (χ0) is 13.2. The van der Waals surface area contributed by atoms with Crippen molar-refractivity contribution < 1.29 is 8.42 Å². The van der Waals surface area contributed by atoms with Crippen LogP contribution in [0.3, 0.4) is 0 Å². The number of aromatic amines is 2. The Morgan fingerprint density at radius 2 is 1.72 bits per heavy atom. The van der Waals surface area contributed by atoms with Gasteiger partial charge in [0.25, 0.3) is 15.6 Å². The van der Waals surface area contributed by atoms with Crippen LogP contribution in [0.15, 0.2) is 51.0 Å². The third-order valence-corrected chi connectivity index (χ3v) is 3.50. The van der Waals surface area contributed by atoms with E-state index in [1.54, 1.807) is 18.2 Å². The second kappa shape index (κ2) is 4.49. The van der Waals surface area contributed by atoms with Crippen LogP contribution in [0.4, 0.5) is 5.69 Å². The molecule has 7 nitrogen and oxygen atoms in total. The molecule has 0 aliphatic carbocycles. The summed E-state index contributed by atoms with van der Waals surface area (Å²) in [5.41, 5.74) is -1.76. The number of hydrogen-bond acceptors (Lipinski definition) is 4. The van der Waals surface area contributed by atoms with E-state index < -0.39 is 21.3 Å². The molecule has 0 aliphatic rings. The highest BCUT2D eigenvalue weighted by molar-refractivity contribution is 7.92. The van der Waals surface area contributed by atoms with Gasteiger partial charge in [0.15, 0.2) is 0 Å². The highest BCUT2D eigenvalue weighted by Gasteiger charge is 2.15. The Hall–Kier alpha value is -2.35. The van der Waals surface area contributed by atoms with Crippen molar-refractivity contribution in [3.05, 3.63) is 57.4 Å². The molecule has 0 bridgehead atoms. The van der Waals surface area contributed by atoms with Crippen LogP contribution in [-0.2, 0) is 10.0 Å². The van der Waals surface area contributed by atoms with Crippen LogP contribution in [0.1, 0.15) is 0 Å². The second-order valence-corrected chi connectivity index (χ2v) is 5.09. The van der Waals surface area contributed by atoms with E-state index >= 15 is 0 Å². The molecule has 0 radical (unpaired) electrons. The molecule has 94 valence electrons. The molecule has 1 aromatic carbocycles. The van der Waals surface area contributed by atoms with Crippen LogP contribution in [0.5, 0.6) is 0 Å². The lowest BCUT2D eigenvalue weighted by atomic mass is 10.4. The smallest absolute Gasteiger partial charge is 0.312 e. The van der Waals surface area contributed by atoms with Crippen LogP contribution in [-0.4, -0.2) is 18.4 Å². The van der Waals surface area contributed by atoms with Gasteiger partial charge in [-0.1, -0.05) is 18.2 Å². The van der Waals surface area contributed by atoms with Crippen LogP contribution in [0.25, 0.3) is 0 Å². The average molecular weight is 267 g/mol. The highest BCUT2D eigenvalue weighted by atomic mass is 32.2. The monoisotopic (exact) mass is 267 g/mol. The summed E-state index contributed by atoms with van der Waals surface area (Å²) in [5.74, 6) is 0. The summed E-state index contributed by atoms with van der Waals surface area (Å²) < 4.78 is 25.9. The predicted molar refractivity (Wildman–Crippen MR) is 64.9 cm³/mol. The van der Waals surface area contributed by atoms with E-state index in [2.05, 4.69) is 9.71 Å². The summed E-state index contributed by atoms with van der Waals surface area (Å²) in [6, 6.07) is 7.58. The molecule has 8 heteroatoms. The Morgan fingerprint density at radius 3 is 2.33 bits per heavy atom. The maximum absolute atomic E-state index is 11.9. The first kappa shape index (κ1) is 12.1. The van der Waals surface area contributed by atoms with Gasteiger partial charge in [-0.05, 0) is 12.1 Å². The molecule has 0 spiro atoms. The van der Waals surface area contributed by atoms with Gasteiger partial charge in [0, 0.05) is 6.20 Å². The van der Waals surface area contributed by atoms with E-state index in [9.17, 15) is 18.0 Å². The summed E-state index contributed by atoms with van der Waals surface area (Å²) in [7, 11) is -3.84. The fraction of sp³-hybridized carbons (Fsp3) is 0. The zero-order valence-electron chi connectivity index (χ0n) is 9.01. The molecule has 18 heavy (non-hydrogen) atoms. The van der Waals surface area contributed by atoms with E-state index in [1.165, 1.54) is 12.1 Å². The first-order valence-corrected chi connectivity index (χ1v) is 6.37. The molecule has 0 unspecified atom stereocenters. The van der Waals surface area contributed by atoms with Crippen molar-refractivity contribution in [3.63, 3.8) is 0 Å². The SMILES string of the molecule is O=c1[nH]cc(NS(=O)(=O)c2ccccc2)c(=O)[nH]1. The van der Waals surface area contributed by atoms with Gasteiger partial charge >= 0.3 is 5.69 Å². The number of H-pyrrole nitrogens is 2. The zero-order valence-corrected chi connectivity index (χ0v) is 9.82. The number of benzene rings is 1. The maximum atomic E-state index is 11.9. The lowest BCUT2D eigenvalue weighted by Crippen LogP contribution is -2.26. The van der Waals surface area contributed by atoms with E-state index in [4.69, 9.17) is 0 Å². The van der Waals surface area contributed by atoms with Gasteiger partial charge in [-0.2, -0.15) is 0 Å². The van der Waals surface area contributed by atoms with Gasteiger partial charge in [0.05, 0.1) is 4.90 Å². The van der Waals surface area contributed by atoms with Crippen LogP contribution in [0, 0.1) is 0 Å². The predicted octanol–water partition coefficient (Wildman–Crippen LogP) is -0.136. The van der Waals surface area contributed by atoms with Gasteiger partial charge < -0.3 is 4.98 Å². The molecule has 3 N–H and O–H groups in total. The minimum atomic E-state index is -3.84. The minimum Gasteiger partial charge on any atom is -0.312 e. The molecular weight excluding hydrogens is 258 g/mol. The number of sulfonamides is 1. The summed E-state index contributed by atoms with van der Waals surface area (Å²) >= 11 is 0. The van der Waals surface area contributed by atoms with Crippen molar-refractivity contribution >= 4 is 15.7 Å². The second-order valence-electron chi connectivity index (χ2n) is 3.40. The van der Waals surface area contributed by atoms with E-state index in [1.807, 2.05) is 4.98 Å². The number of hydrogen-bond donors (Lipinski definition) is 3. The largest absolute Gasteiger partial charge is 0.325 e. The van der Waals surface area contributed by atoms with Crippen LogP contribution in [0.2, 0.25) is 0 Å². The molecule has 0 aliphatic heterocycles. The Balaban J connectivity index is 2.40. The lowest BCUT2D eigenvalue weighted by Gasteiger charge is -2.06. The molecular formula is C10H9N3O4S. The van der Waals surface area contributed by atoms with E-state index in [0.717, 1.165) is 6.20 Å². The van der Waals surface area contributed by atoms with E-state index in [-0.39, 0.29) is 10.6 Å². The maximum Gasteiger partial charge on any atom is 0.325 e. The minimum absolute atomic E-state index is 0.0237. The summed E-state index contributed by atoms with van der Waals surface area (Å²) in [6.45, 7) is 0. The van der Waals surface area contributed by atoms with Gasteiger partial charge in [0.1, 0.15) is 5.69 Å². The Labute approximate surface area is 102 Å². The third-order valence-electron chi connectivity index (χ3n) is 2.12. The lowest BCUT2D eigenvalue weighted by molar-refractivity contribution is 0.601. The molecule has 2 rings (SSSR count). The first-order chi connectivity index (χ1) is 8.49. The van der Waals surface area contributed by atoms with Crippen molar-refractivity contribution in [2.75, 3.05) is 4.72 Å². The third kappa shape index (κ3) is 2.48. The fourth-order valence-electron chi connectivity index (χ4n) is 1.29. The molecule has 0 saturated carbocycles. The number of rotatable bonds is 3. The van der Waals surface area contributed by atoms with Crippen molar-refractivity contribution in [2.24, 2.45) is 0 Å². The van der Waals surface area contributed by atoms with Gasteiger partial charge in [0.2, 0.25) is 0 Å². The van der Waals surface area contributed by atoms with Gasteiger partial charge in [-0.3, -0.25) is 14.5 Å². The van der Waals surface area contributed by atoms with Gasteiger partial charge in [-0.15, -0.1) is 0 Å².